The predicted molar refractivity (Wildman–Crippen MR) is 47.6 cm³/mol. The third-order valence-corrected chi connectivity index (χ3v) is 1.84. The van der Waals surface area contributed by atoms with Crippen LogP contribution in [0.15, 0.2) is 0 Å². The summed E-state index contributed by atoms with van der Waals surface area (Å²) in [5, 5.41) is 5.39. The number of carbonyl (C=O) groups excluding carboxylic acids is 2. The predicted octanol–water partition coefficient (Wildman–Crippen LogP) is -0.595. The van der Waals surface area contributed by atoms with Gasteiger partial charge in [-0.1, -0.05) is 5.92 Å². The highest BCUT2D eigenvalue weighted by molar-refractivity contribution is 5.93. The first kappa shape index (κ1) is 9.59. The molecule has 1 unspecified atom stereocenters. The lowest BCUT2D eigenvalue weighted by Gasteiger charge is -2.22. The average molecular weight is 180 g/mol. The van der Waals surface area contributed by atoms with Crippen molar-refractivity contribution in [3.63, 3.8) is 0 Å². The van der Waals surface area contributed by atoms with E-state index in [1.165, 1.54) is 0 Å². The molecule has 0 aromatic rings. The van der Waals surface area contributed by atoms with Crippen molar-refractivity contribution in [2.24, 2.45) is 0 Å². The smallest absolute Gasteiger partial charge is 0.296 e. The molecule has 1 heterocycles. The van der Waals surface area contributed by atoms with E-state index in [2.05, 4.69) is 22.5 Å². The lowest BCUT2D eigenvalue weighted by Crippen LogP contribution is -2.47. The number of carbonyl (C=O) groups is 2. The van der Waals surface area contributed by atoms with Crippen molar-refractivity contribution in [1.82, 2.24) is 10.6 Å². The normalized spacial score (nSPS) is 21.0. The van der Waals surface area contributed by atoms with E-state index in [1.807, 2.05) is 0 Å². The van der Waals surface area contributed by atoms with Crippen LogP contribution in [0.5, 0.6) is 0 Å². The van der Waals surface area contributed by atoms with Gasteiger partial charge in [0.05, 0.1) is 0 Å². The molecule has 0 saturated carbocycles. The molecule has 1 fully saturated rings. The SMILES string of the molecule is CC#CC(=O)NC1CCC(=O)NC1. The fourth-order valence-corrected chi connectivity index (χ4v) is 1.19. The quantitative estimate of drug-likeness (QED) is 0.530. The zero-order valence-corrected chi connectivity index (χ0v) is 7.52. The van der Waals surface area contributed by atoms with Gasteiger partial charge in [0, 0.05) is 19.0 Å². The summed E-state index contributed by atoms with van der Waals surface area (Å²) in [5.74, 6) is 4.68. The molecule has 0 aliphatic carbocycles. The molecular weight excluding hydrogens is 168 g/mol. The molecule has 1 atom stereocenters. The fraction of sp³-hybridized carbons (Fsp3) is 0.556. The Labute approximate surface area is 77.1 Å². The van der Waals surface area contributed by atoms with Gasteiger partial charge in [-0.15, -0.1) is 0 Å². The van der Waals surface area contributed by atoms with E-state index < -0.39 is 0 Å². The van der Waals surface area contributed by atoms with Crippen LogP contribution in [0, 0.1) is 11.8 Å². The van der Waals surface area contributed by atoms with Gasteiger partial charge in [0.1, 0.15) is 0 Å². The Balaban J connectivity index is 2.33. The number of nitrogens with one attached hydrogen (secondary N) is 2. The minimum Gasteiger partial charge on any atom is -0.354 e. The van der Waals surface area contributed by atoms with Crippen molar-refractivity contribution >= 4 is 11.8 Å². The molecule has 2 amide bonds. The third-order valence-electron chi connectivity index (χ3n) is 1.84. The van der Waals surface area contributed by atoms with Gasteiger partial charge in [-0.2, -0.15) is 0 Å². The van der Waals surface area contributed by atoms with Crippen LogP contribution in [0.2, 0.25) is 0 Å². The summed E-state index contributed by atoms with van der Waals surface area (Å²) in [6.45, 7) is 2.12. The minimum atomic E-state index is -0.274. The van der Waals surface area contributed by atoms with Gasteiger partial charge in [0.15, 0.2) is 0 Å². The lowest BCUT2D eigenvalue weighted by molar-refractivity contribution is -0.124. The van der Waals surface area contributed by atoms with Crippen molar-refractivity contribution in [3.8, 4) is 11.8 Å². The van der Waals surface area contributed by atoms with Gasteiger partial charge in [-0.25, -0.2) is 0 Å². The minimum absolute atomic E-state index is 0.0334. The molecule has 0 bridgehead atoms. The van der Waals surface area contributed by atoms with Gasteiger partial charge >= 0.3 is 0 Å². The molecular formula is C9H12N2O2. The second kappa shape index (κ2) is 4.51. The highest BCUT2D eigenvalue weighted by Crippen LogP contribution is 2.01. The molecule has 1 saturated heterocycles. The van der Waals surface area contributed by atoms with E-state index in [-0.39, 0.29) is 17.9 Å². The number of amides is 2. The number of hydrogen-bond donors (Lipinski definition) is 2. The van der Waals surface area contributed by atoms with Gasteiger partial charge < -0.3 is 10.6 Å². The maximum Gasteiger partial charge on any atom is 0.296 e. The van der Waals surface area contributed by atoms with Crippen LogP contribution < -0.4 is 10.6 Å². The summed E-state index contributed by atoms with van der Waals surface area (Å²) in [6.07, 6.45) is 1.17. The zero-order valence-electron chi connectivity index (χ0n) is 7.52. The van der Waals surface area contributed by atoms with E-state index in [0.717, 1.165) is 0 Å². The Morgan fingerprint density at radius 2 is 2.46 bits per heavy atom. The molecule has 4 nitrogen and oxygen atoms in total. The van der Waals surface area contributed by atoms with E-state index >= 15 is 0 Å². The van der Waals surface area contributed by atoms with Crippen molar-refractivity contribution < 1.29 is 9.59 Å². The van der Waals surface area contributed by atoms with Crippen molar-refractivity contribution in [2.75, 3.05) is 6.54 Å². The Morgan fingerprint density at radius 3 is 3.00 bits per heavy atom. The van der Waals surface area contributed by atoms with Crippen molar-refractivity contribution in [3.05, 3.63) is 0 Å². The molecule has 0 radical (unpaired) electrons. The molecule has 1 aliphatic rings. The zero-order chi connectivity index (χ0) is 9.68. The third kappa shape index (κ3) is 3.16. The summed E-state index contributed by atoms with van der Waals surface area (Å²) in [4.78, 5) is 21.8. The number of rotatable bonds is 1. The van der Waals surface area contributed by atoms with Crippen LogP contribution in [-0.4, -0.2) is 24.4 Å². The van der Waals surface area contributed by atoms with Crippen LogP contribution in [-0.2, 0) is 9.59 Å². The van der Waals surface area contributed by atoms with Crippen LogP contribution in [0.1, 0.15) is 19.8 Å². The lowest BCUT2D eigenvalue weighted by atomic mass is 10.1. The standard InChI is InChI=1S/C9H12N2O2/c1-2-3-9(13)11-7-4-5-8(12)10-6-7/h7H,4-6H2,1H3,(H,10,12)(H,11,13). The Bertz CT molecular complexity index is 265. The Hall–Kier alpha value is -1.50. The second-order valence-electron chi connectivity index (χ2n) is 2.89. The molecule has 0 spiro atoms. The van der Waals surface area contributed by atoms with Crippen LogP contribution in [0.4, 0.5) is 0 Å². The monoisotopic (exact) mass is 180 g/mol. The molecule has 70 valence electrons. The van der Waals surface area contributed by atoms with E-state index in [9.17, 15) is 9.59 Å². The highest BCUT2D eigenvalue weighted by Gasteiger charge is 2.18. The summed E-state index contributed by atoms with van der Waals surface area (Å²) in [6, 6.07) is 0.0334. The summed E-state index contributed by atoms with van der Waals surface area (Å²) >= 11 is 0. The summed E-state index contributed by atoms with van der Waals surface area (Å²) < 4.78 is 0. The second-order valence-corrected chi connectivity index (χ2v) is 2.89. The van der Waals surface area contributed by atoms with E-state index in [1.54, 1.807) is 6.92 Å². The van der Waals surface area contributed by atoms with Crippen molar-refractivity contribution in [2.45, 2.75) is 25.8 Å². The molecule has 0 aromatic carbocycles. The maximum atomic E-state index is 11.0. The molecule has 13 heavy (non-hydrogen) atoms. The number of hydrogen-bond acceptors (Lipinski definition) is 2. The van der Waals surface area contributed by atoms with Gasteiger partial charge in [0.25, 0.3) is 5.91 Å². The first-order chi connectivity index (χ1) is 6.22. The van der Waals surface area contributed by atoms with Gasteiger partial charge in [0.2, 0.25) is 5.91 Å². The largest absolute Gasteiger partial charge is 0.354 e. The highest BCUT2D eigenvalue weighted by atomic mass is 16.2. The molecule has 1 rings (SSSR count). The van der Waals surface area contributed by atoms with Gasteiger partial charge in [-0.3, -0.25) is 9.59 Å². The summed E-state index contributed by atoms with van der Waals surface area (Å²) in [5.41, 5.74) is 0. The first-order valence-electron chi connectivity index (χ1n) is 4.22. The Morgan fingerprint density at radius 1 is 1.69 bits per heavy atom. The Kier molecular flexibility index (Phi) is 3.32. The first-order valence-corrected chi connectivity index (χ1v) is 4.22. The molecule has 1 aliphatic heterocycles. The average Bonchev–Trinajstić information content (AvgIpc) is 2.09. The van der Waals surface area contributed by atoms with Crippen molar-refractivity contribution in [1.29, 1.82) is 0 Å². The number of piperidine rings is 1. The molecule has 0 aromatic heterocycles. The topological polar surface area (TPSA) is 58.2 Å². The van der Waals surface area contributed by atoms with E-state index in [4.69, 9.17) is 0 Å². The summed E-state index contributed by atoms with van der Waals surface area (Å²) in [7, 11) is 0. The van der Waals surface area contributed by atoms with Gasteiger partial charge in [-0.05, 0) is 19.3 Å². The van der Waals surface area contributed by atoms with Crippen LogP contribution in [0.3, 0.4) is 0 Å². The molecule has 2 N–H and O–H groups in total. The van der Waals surface area contributed by atoms with Crippen LogP contribution >= 0.6 is 0 Å². The fourth-order valence-electron chi connectivity index (χ4n) is 1.19. The maximum absolute atomic E-state index is 11.0. The van der Waals surface area contributed by atoms with E-state index in [0.29, 0.717) is 19.4 Å². The molecule has 4 heteroatoms. The van der Waals surface area contributed by atoms with Crippen LogP contribution in [0.25, 0.3) is 0 Å².